The first-order valence-corrected chi connectivity index (χ1v) is 6.18. The molecule has 0 saturated heterocycles. The van der Waals surface area contributed by atoms with Crippen molar-refractivity contribution < 1.29 is 13.6 Å². The highest BCUT2D eigenvalue weighted by Gasteiger charge is 2.00. The van der Waals surface area contributed by atoms with E-state index in [2.05, 4.69) is 26.0 Å². The van der Waals surface area contributed by atoms with Gasteiger partial charge in [-0.05, 0) is 24.3 Å². The largest absolute Gasteiger partial charge is 0.325 e. The molecule has 0 aliphatic heterocycles. The Bertz CT molecular complexity index is 369. The van der Waals surface area contributed by atoms with E-state index >= 15 is 0 Å². The highest BCUT2D eigenvalue weighted by molar-refractivity contribution is 9.09. The van der Waals surface area contributed by atoms with Gasteiger partial charge in [-0.1, -0.05) is 15.9 Å². The monoisotopic (exact) mass is 292 g/mol. The number of anilines is 2. The molecule has 0 aliphatic carbocycles. The molecule has 0 aromatic heterocycles. The Balaban J connectivity index is 2.64. The Morgan fingerprint density at radius 3 is 2.33 bits per heavy atom. The molecule has 1 aromatic rings. The predicted octanol–water partition coefficient (Wildman–Crippen LogP) is 1.57. The smallest absolute Gasteiger partial charge is 0.259 e. The van der Waals surface area contributed by atoms with E-state index in [9.17, 15) is 9.00 Å². The fourth-order valence-electron chi connectivity index (χ4n) is 0.917. The number of halogens is 1. The first-order chi connectivity index (χ1) is 7.11. The van der Waals surface area contributed by atoms with Crippen LogP contribution in [0, 0.1) is 0 Å². The highest BCUT2D eigenvalue weighted by atomic mass is 79.9. The van der Waals surface area contributed by atoms with Crippen LogP contribution in [0.4, 0.5) is 11.4 Å². The number of carbonyl (C=O) groups excluding carboxylic acids is 1. The van der Waals surface area contributed by atoms with Crippen molar-refractivity contribution in [1.82, 2.24) is 0 Å². The molecule has 0 heterocycles. The molecule has 1 unspecified atom stereocenters. The molecular formula is C8H9BrN2O3S. The predicted molar refractivity (Wildman–Crippen MR) is 63.3 cm³/mol. The van der Waals surface area contributed by atoms with Crippen LogP contribution in [0.3, 0.4) is 0 Å². The van der Waals surface area contributed by atoms with E-state index in [1.807, 2.05) is 0 Å². The molecule has 5 nitrogen and oxygen atoms in total. The fourth-order valence-corrected chi connectivity index (χ4v) is 1.39. The molecule has 0 aliphatic rings. The maximum absolute atomic E-state index is 11.0. The van der Waals surface area contributed by atoms with Gasteiger partial charge >= 0.3 is 0 Å². The molecule has 1 amide bonds. The molecule has 1 rings (SSSR count). The van der Waals surface area contributed by atoms with Gasteiger partial charge < -0.3 is 5.32 Å². The van der Waals surface area contributed by atoms with Crippen molar-refractivity contribution >= 4 is 44.5 Å². The third-order valence-corrected chi connectivity index (χ3v) is 2.41. The van der Waals surface area contributed by atoms with Crippen LogP contribution in [0.1, 0.15) is 0 Å². The summed E-state index contributed by atoms with van der Waals surface area (Å²) >= 11 is 0.941. The van der Waals surface area contributed by atoms with Gasteiger partial charge in [0.15, 0.2) is 0 Å². The van der Waals surface area contributed by atoms with Crippen molar-refractivity contribution in [3.8, 4) is 0 Å². The maximum atomic E-state index is 11.0. The lowest BCUT2D eigenvalue weighted by Crippen LogP contribution is -2.12. The Kier molecular flexibility index (Phi) is 4.73. The molecule has 1 aromatic carbocycles. The van der Waals surface area contributed by atoms with Gasteiger partial charge in [0.1, 0.15) is 0 Å². The van der Waals surface area contributed by atoms with Gasteiger partial charge in [0.05, 0.1) is 5.33 Å². The second-order valence-electron chi connectivity index (χ2n) is 2.61. The summed E-state index contributed by atoms with van der Waals surface area (Å²) in [6.45, 7) is 0. The number of hydrogen-bond donors (Lipinski definition) is 3. The van der Waals surface area contributed by atoms with E-state index in [4.69, 9.17) is 4.55 Å². The Hall–Kier alpha value is -0.920. The van der Waals surface area contributed by atoms with Gasteiger partial charge in [-0.3, -0.25) is 14.1 Å². The summed E-state index contributed by atoms with van der Waals surface area (Å²) in [6, 6.07) is 6.46. The fraction of sp³-hybridized carbons (Fsp3) is 0.125. The number of hydrogen-bond acceptors (Lipinski definition) is 2. The maximum Gasteiger partial charge on any atom is 0.259 e. The zero-order valence-corrected chi connectivity index (χ0v) is 9.97. The van der Waals surface area contributed by atoms with Gasteiger partial charge in [0.2, 0.25) is 5.91 Å². The van der Waals surface area contributed by atoms with Crippen molar-refractivity contribution in [2.24, 2.45) is 0 Å². The topological polar surface area (TPSA) is 78.4 Å². The van der Waals surface area contributed by atoms with Crippen LogP contribution in [0.15, 0.2) is 24.3 Å². The molecule has 7 heteroatoms. The molecular weight excluding hydrogens is 284 g/mol. The van der Waals surface area contributed by atoms with E-state index in [0.717, 1.165) is 0 Å². The average Bonchev–Trinajstić information content (AvgIpc) is 2.20. The minimum Gasteiger partial charge on any atom is -0.325 e. The zero-order chi connectivity index (χ0) is 11.3. The van der Waals surface area contributed by atoms with Gasteiger partial charge in [-0.2, -0.15) is 0 Å². The van der Waals surface area contributed by atoms with Crippen LogP contribution in [-0.2, 0) is 16.1 Å². The van der Waals surface area contributed by atoms with Crippen LogP contribution >= 0.6 is 15.9 Å². The lowest BCUT2D eigenvalue weighted by molar-refractivity contribution is -0.113. The van der Waals surface area contributed by atoms with Crippen LogP contribution in [0.25, 0.3) is 0 Å². The van der Waals surface area contributed by atoms with E-state index in [1.165, 1.54) is 0 Å². The Morgan fingerprint density at radius 2 is 1.87 bits per heavy atom. The summed E-state index contributed by atoms with van der Waals surface area (Å²) in [7, 11) is 0. The SMILES string of the molecule is O=C(CBr)Nc1ccc(NS(=O)O)cc1. The van der Waals surface area contributed by atoms with Crippen molar-refractivity contribution in [1.29, 1.82) is 0 Å². The molecule has 15 heavy (non-hydrogen) atoms. The number of alkyl halides is 1. The second-order valence-corrected chi connectivity index (χ2v) is 3.87. The number of nitrogens with one attached hydrogen (secondary N) is 2. The summed E-state index contributed by atoms with van der Waals surface area (Å²) in [4.78, 5) is 11.0. The van der Waals surface area contributed by atoms with Crippen LogP contribution in [0.2, 0.25) is 0 Å². The molecule has 1 atom stereocenters. The molecule has 3 N–H and O–H groups in total. The molecule has 0 spiro atoms. The van der Waals surface area contributed by atoms with Crippen LogP contribution in [0.5, 0.6) is 0 Å². The molecule has 0 radical (unpaired) electrons. The van der Waals surface area contributed by atoms with E-state index < -0.39 is 11.3 Å². The zero-order valence-electron chi connectivity index (χ0n) is 7.57. The first-order valence-electron chi connectivity index (χ1n) is 3.95. The summed E-state index contributed by atoms with van der Waals surface area (Å²) < 4.78 is 21.3. The standard InChI is InChI=1S/C8H9BrN2O3S/c9-5-8(12)10-6-1-3-7(4-2-6)11-15(13)14/h1-4,11H,5H2,(H,10,12)(H,13,14). The lowest BCUT2D eigenvalue weighted by atomic mass is 10.3. The highest BCUT2D eigenvalue weighted by Crippen LogP contribution is 2.13. The third-order valence-electron chi connectivity index (χ3n) is 1.50. The molecule has 0 fully saturated rings. The van der Waals surface area contributed by atoms with Crippen molar-refractivity contribution in [2.75, 3.05) is 15.4 Å². The normalized spacial score (nSPS) is 11.9. The van der Waals surface area contributed by atoms with Gasteiger partial charge in [-0.25, -0.2) is 4.21 Å². The van der Waals surface area contributed by atoms with Crippen molar-refractivity contribution in [3.63, 3.8) is 0 Å². The van der Waals surface area contributed by atoms with Crippen molar-refractivity contribution in [2.45, 2.75) is 0 Å². The van der Waals surface area contributed by atoms with Crippen LogP contribution in [-0.4, -0.2) is 20.0 Å². The average molecular weight is 293 g/mol. The molecule has 82 valence electrons. The minimum atomic E-state index is -2.08. The second kappa shape index (κ2) is 5.84. The number of benzene rings is 1. The van der Waals surface area contributed by atoms with E-state index in [1.54, 1.807) is 24.3 Å². The minimum absolute atomic E-state index is 0.151. The summed E-state index contributed by atoms with van der Waals surface area (Å²) in [5.41, 5.74) is 1.14. The summed E-state index contributed by atoms with van der Waals surface area (Å²) in [5.74, 6) is -0.151. The summed E-state index contributed by atoms with van der Waals surface area (Å²) in [6.07, 6.45) is 0. The van der Waals surface area contributed by atoms with Crippen molar-refractivity contribution in [3.05, 3.63) is 24.3 Å². The number of carbonyl (C=O) groups is 1. The summed E-state index contributed by atoms with van der Waals surface area (Å²) in [5, 5.41) is 2.85. The Morgan fingerprint density at radius 1 is 1.33 bits per heavy atom. The lowest BCUT2D eigenvalue weighted by Gasteiger charge is -2.04. The van der Waals surface area contributed by atoms with Gasteiger partial charge in [0.25, 0.3) is 11.3 Å². The van der Waals surface area contributed by atoms with Gasteiger partial charge in [-0.15, -0.1) is 0 Å². The molecule has 0 saturated carbocycles. The molecule has 0 bridgehead atoms. The third kappa shape index (κ3) is 4.41. The number of rotatable bonds is 4. The van der Waals surface area contributed by atoms with E-state index in [-0.39, 0.29) is 11.2 Å². The number of amides is 1. The van der Waals surface area contributed by atoms with Gasteiger partial charge in [0, 0.05) is 11.4 Å². The first kappa shape index (κ1) is 12.2. The van der Waals surface area contributed by atoms with E-state index in [0.29, 0.717) is 11.4 Å². The van der Waals surface area contributed by atoms with Crippen LogP contribution < -0.4 is 10.0 Å². The Labute approximate surface area is 97.8 Å². The quantitative estimate of drug-likeness (QED) is 0.582.